The van der Waals surface area contributed by atoms with E-state index < -0.39 is 0 Å². The maximum absolute atomic E-state index is 11.8. The third kappa shape index (κ3) is 6.80. The molecule has 0 fully saturated rings. The van der Waals surface area contributed by atoms with Gasteiger partial charge in [-0.25, -0.2) is 0 Å². The van der Waals surface area contributed by atoms with E-state index in [0.717, 1.165) is 11.3 Å². The molecule has 0 aromatic heterocycles. The molecule has 3 nitrogen and oxygen atoms in total. The third-order valence-electron chi connectivity index (χ3n) is 2.98. The topological polar surface area (TPSA) is 43.4 Å². The molecule has 1 aromatic rings. The zero-order valence-corrected chi connectivity index (χ0v) is 14.0. The molecular formula is C17H24O3S. The Bertz CT molecular complexity index is 463. The zero-order chi connectivity index (χ0) is 15.8. The summed E-state index contributed by atoms with van der Waals surface area (Å²) in [5, 5.41) is 0. The summed E-state index contributed by atoms with van der Waals surface area (Å²) in [7, 11) is 0. The molecule has 116 valence electrons. The van der Waals surface area contributed by atoms with Crippen LogP contribution in [0, 0.1) is 11.8 Å². The molecule has 1 aromatic carbocycles. The fourth-order valence-electron chi connectivity index (χ4n) is 1.64. The van der Waals surface area contributed by atoms with Crippen LogP contribution in [0.4, 0.5) is 0 Å². The number of ether oxygens (including phenoxy) is 1. The van der Waals surface area contributed by atoms with Crippen molar-refractivity contribution in [2.24, 2.45) is 11.8 Å². The van der Waals surface area contributed by atoms with Gasteiger partial charge in [0.05, 0.1) is 12.4 Å². The highest BCUT2D eigenvalue weighted by Gasteiger charge is 2.10. The van der Waals surface area contributed by atoms with Crippen LogP contribution in [0.3, 0.4) is 0 Å². The number of rotatable bonds is 8. The smallest absolute Gasteiger partial charge is 0.316 e. The first-order valence-electron chi connectivity index (χ1n) is 7.33. The van der Waals surface area contributed by atoms with Crippen molar-refractivity contribution in [2.75, 3.05) is 12.4 Å². The van der Waals surface area contributed by atoms with E-state index in [1.165, 1.54) is 11.8 Å². The monoisotopic (exact) mass is 308 g/mol. The number of esters is 1. The number of benzene rings is 1. The van der Waals surface area contributed by atoms with Crippen molar-refractivity contribution < 1.29 is 14.3 Å². The molecule has 0 radical (unpaired) electrons. The standard InChI is InChI=1S/C17H24O3S/c1-12(2)9-10-20-16(18)11-21-15-7-5-14(6-8-15)17(19)13(3)4/h5-8,12-13H,9-11H2,1-4H3. The molecule has 0 bridgehead atoms. The van der Waals surface area contributed by atoms with Crippen molar-refractivity contribution in [3.8, 4) is 0 Å². The van der Waals surface area contributed by atoms with Crippen molar-refractivity contribution >= 4 is 23.5 Å². The third-order valence-corrected chi connectivity index (χ3v) is 3.96. The molecule has 0 saturated carbocycles. The molecule has 0 aliphatic rings. The van der Waals surface area contributed by atoms with E-state index >= 15 is 0 Å². The van der Waals surface area contributed by atoms with Crippen molar-refractivity contribution in [1.82, 2.24) is 0 Å². The van der Waals surface area contributed by atoms with Crippen molar-refractivity contribution in [2.45, 2.75) is 39.0 Å². The Labute approximate surface area is 131 Å². The minimum absolute atomic E-state index is 0.000520. The average molecular weight is 308 g/mol. The lowest BCUT2D eigenvalue weighted by molar-refractivity contribution is -0.140. The van der Waals surface area contributed by atoms with Crippen LogP contribution in [0.15, 0.2) is 29.2 Å². The van der Waals surface area contributed by atoms with Gasteiger partial charge in [0, 0.05) is 16.4 Å². The lowest BCUT2D eigenvalue weighted by Crippen LogP contribution is -2.10. The lowest BCUT2D eigenvalue weighted by atomic mass is 10.0. The molecule has 4 heteroatoms. The first kappa shape index (κ1) is 17.8. The number of carbonyl (C=O) groups is 2. The second-order valence-corrected chi connectivity index (χ2v) is 6.78. The van der Waals surface area contributed by atoms with Crippen LogP contribution in [-0.2, 0) is 9.53 Å². The Kier molecular flexibility index (Phi) is 7.51. The van der Waals surface area contributed by atoms with E-state index in [0.29, 0.717) is 23.8 Å². The molecule has 0 atom stereocenters. The maximum atomic E-state index is 11.8. The summed E-state index contributed by atoms with van der Waals surface area (Å²) in [5.41, 5.74) is 0.717. The normalized spacial score (nSPS) is 11.0. The zero-order valence-electron chi connectivity index (χ0n) is 13.2. The highest BCUT2D eigenvalue weighted by molar-refractivity contribution is 8.00. The first-order chi connectivity index (χ1) is 9.90. The van der Waals surface area contributed by atoms with Gasteiger partial charge in [0.25, 0.3) is 0 Å². The number of hydrogen-bond acceptors (Lipinski definition) is 4. The molecule has 21 heavy (non-hydrogen) atoms. The van der Waals surface area contributed by atoms with Crippen LogP contribution in [0.25, 0.3) is 0 Å². The van der Waals surface area contributed by atoms with Crippen LogP contribution in [0.2, 0.25) is 0 Å². The van der Waals surface area contributed by atoms with E-state index in [9.17, 15) is 9.59 Å². The lowest BCUT2D eigenvalue weighted by Gasteiger charge is -2.07. The molecule has 0 spiro atoms. The molecule has 0 aliphatic heterocycles. The minimum Gasteiger partial charge on any atom is -0.465 e. The summed E-state index contributed by atoms with van der Waals surface area (Å²) in [5.74, 6) is 0.786. The van der Waals surface area contributed by atoms with Gasteiger partial charge in [0.15, 0.2) is 5.78 Å². The van der Waals surface area contributed by atoms with Crippen molar-refractivity contribution in [3.63, 3.8) is 0 Å². The van der Waals surface area contributed by atoms with E-state index in [4.69, 9.17) is 4.74 Å². The SMILES string of the molecule is CC(C)CCOC(=O)CSc1ccc(C(=O)C(C)C)cc1. The Balaban J connectivity index is 2.39. The van der Waals surface area contributed by atoms with Gasteiger partial charge in [-0.2, -0.15) is 0 Å². The van der Waals surface area contributed by atoms with Crippen molar-refractivity contribution in [1.29, 1.82) is 0 Å². The van der Waals surface area contributed by atoms with Crippen LogP contribution in [0.5, 0.6) is 0 Å². The van der Waals surface area contributed by atoms with Gasteiger partial charge in [-0.05, 0) is 24.5 Å². The van der Waals surface area contributed by atoms with E-state index in [2.05, 4.69) is 13.8 Å². The van der Waals surface area contributed by atoms with E-state index in [1.54, 1.807) is 0 Å². The van der Waals surface area contributed by atoms with Gasteiger partial charge in [-0.1, -0.05) is 39.8 Å². The number of ketones is 1. The Morgan fingerprint density at radius 1 is 1.10 bits per heavy atom. The average Bonchev–Trinajstić information content (AvgIpc) is 2.44. The molecule has 0 amide bonds. The summed E-state index contributed by atoms with van der Waals surface area (Å²) in [6, 6.07) is 7.38. The van der Waals surface area contributed by atoms with Gasteiger partial charge in [-0.15, -0.1) is 11.8 Å². The Morgan fingerprint density at radius 3 is 2.24 bits per heavy atom. The van der Waals surface area contributed by atoms with Gasteiger partial charge in [0.2, 0.25) is 0 Å². The number of Topliss-reactive ketones (excluding diaryl/α,β-unsaturated/α-hetero) is 1. The largest absolute Gasteiger partial charge is 0.465 e. The predicted molar refractivity (Wildman–Crippen MR) is 86.7 cm³/mol. The summed E-state index contributed by atoms with van der Waals surface area (Å²) < 4.78 is 5.15. The summed E-state index contributed by atoms with van der Waals surface area (Å²) in [6.45, 7) is 8.46. The van der Waals surface area contributed by atoms with E-state index in [-0.39, 0.29) is 17.7 Å². The van der Waals surface area contributed by atoms with Gasteiger partial charge < -0.3 is 4.74 Å². The molecular weight excluding hydrogens is 284 g/mol. The highest BCUT2D eigenvalue weighted by atomic mass is 32.2. The van der Waals surface area contributed by atoms with Gasteiger partial charge in [-0.3, -0.25) is 9.59 Å². The first-order valence-corrected chi connectivity index (χ1v) is 8.31. The number of carbonyl (C=O) groups excluding carboxylic acids is 2. The second kappa shape index (κ2) is 8.88. The molecule has 0 N–H and O–H groups in total. The number of thioether (sulfide) groups is 1. The number of hydrogen-bond donors (Lipinski definition) is 0. The predicted octanol–water partition coefficient (Wildman–Crippen LogP) is 4.21. The summed E-state index contributed by atoms with van der Waals surface area (Å²) in [6.07, 6.45) is 0.891. The van der Waals surface area contributed by atoms with Crippen LogP contribution >= 0.6 is 11.8 Å². The maximum Gasteiger partial charge on any atom is 0.316 e. The molecule has 0 heterocycles. The molecule has 0 unspecified atom stereocenters. The molecule has 1 rings (SSSR count). The minimum atomic E-state index is -0.192. The second-order valence-electron chi connectivity index (χ2n) is 5.73. The summed E-state index contributed by atoms with van der Waals surface area (Å²) in [4.78, 5) is 24.3. The summed E-state index contributed by atoms with van der Waals surface area (Å²) >= 11 is 1.43. The van der Waals surface area contributed by atoms with Gasteiger partial charge >= 0.3 is 5.97 Å². The van der Waals surface area contributed by atoms with Crippen LogP contribution in [0.1, 0.15) is 44.5 Å². The Hall–Kier alpha value is -1.29. The van der Waals surface area contributed by atoms with Crippen LogP contribution in [-0.4, -0.2) is 24.1 Å². The fourth-order valence-corrected chi connectivity index (χ4v) is 2.34. The Morgan fingerprint density at radius 2 is 1.71 bits per heavy atom. The van der Waals surface area contributed by atoms with Gasteiger partial charge in [0.1, 0.15) is 0 Å². The van der Waals surface area contributed by atoms with Crippen molar-refractivity contribution in [3.05, 3.63) is 29.8 Å². The van der Waals surface area contributed by atoms with Crippen LogP contribution < -0.4 is 0 Å². The molecule has 0 saturated heterocycles. The van der Waals surface area contributed by atoms with E-state index in [1.807, 2.05) is 38.1 Å². The highest BCUT2D eigenvalue weighted by Crippen LogP contribution is 2.20. The fraction of sp³-hybridized carbons (Fsp3) is 0.529. The molecule has 0 aliphatic carbocycles. The quantitative estimate of drug-likeness (QED) is 0.410.